The molecule has 1 atom stereocenters. The molecule has 0 radical (unpaired) electrons. The summed E-state index contributed by atoms with van der Waals surface area (Å²) < 4.78 is 47.2. The zero-order valence-electron chi connectivity index (χ0n) is 24.9. The number of nitriles is 1. The Morgan fingerprint density at radius 2 is 1.96 bits per heavy atom. The Balaban J connectivity index is 1.59. The molecule has 45 heavy (non-hydrogen) atoms. The number of aromatic amines is 1. The first-order chi connectivity index (χ1) is 21.4. The number of aromatic nitrogens is 5. The van der Waals surface area contributed by atoms with Crippen molar-refractivity contribution in [3.05, 3.63) is 110 Å². The number of hydrogen-bond acceptors (Lipinski definition) is 9. The SMILES string of the molecule is COC(=O)C1=C(C)N(c2cccc(C(F)(F)F)c2)c2n[nH]c(=O)n2C1c1ccc(C#N)cc1CCNCc1ncc(C)nc1C. The molecule has 0 saturated heterocycles. The lowest BCUT2D eigenvalue weighted by molar-refractivity contribution is -0.138. The van der Waals surface area contributed by atoms with Gasteiger partial charge in [-0.3, -0.25) is 14.9 Å². The third kappa shape index (κ3) is 6.07. The molecule has 11 nitrogen and oxygen atoms in total. The van der Waals surface area contributed by atoms with E-state index in [0.29, 0.717) is 36.2 Å². The quantitative estimate of drug-likeness (QED) is 0.217. The van der Waals surface area contributed by atoms with Crippen LogP contribution in [0.2, 0.25) is 0 Å². The van der Waals surface area contributed by atoms with Gasteiger partial charge in [0.25, 0.3) is 0 Å². The fraction of sp³-hybridized carbons (Fsp3) is 0.290. The van der Waals surface area contributed by atoms with E-state index < -0.39 is 29.4 Å². The van der Waals surface area contributed by atoms with Crippen LogP contribution in [-0.4, -0.2) is 44.4 Å². The van der Waals surface area contributed by atoms with Gasteiger partial charge in [-0.25, -0.2) is 19.3 Å². The number of anilines is 2. The van der Waals surface area contributed by atoms with Gasteiger partial charge in [0.2, 0.25) is 5.95 Å². The monoisotopic (exact) mass is 618 g/mol. The fourth-order valence-corrected chi connectivity index (χ4v) is 5.46. The second kappa shape index (κ2) is 12.4. The van der Waals surface area contributed by atoms with Crippen LogP contribution in [0.15, 0.2) is 64.7 Å². The molecule has 0 saturated carbocycles. The molecule has 2 aromatic heterocycles. The highest BCUT2D eigenvalue weighted by Gasteiger charge is 2.41. The van der Waals surface area contributed by atoms with Crippen LogP contribution in [0.1, 0.15) is 52.3 Å². The molecule has 5 rings (SSSR count). The third-order valence-electron chi connectivity index (χ3n) is 7.58. The van der Waals surface area contributed by atoms with Gasteiger partial charge in [0, 0.05) is 24.1 Å². The normalized spacial score (nSPS) is 14.7. The van der Waals surface area contributed by atoms with Gasteiger partial charge in [0.05, 0.1) is 47.0 Å². The smallest absolute Gasteiger partial charge is 0.416 e. The number of esters is 1. The predicted molar refractivity (Wildman–Crippen MR) is 157 cm³/mol. The molecule has 0 amide bonds. The first kappa shape index (κ1) is 31.1. The van der Waals surface area contributed by atoms with Crippen molar-refractivity contribution in [1.29, 1.82) is 5.26 Å². The molecule has 1 aliphatic rings. The van der Waals surface area contributed by atoms with Crippen LogP contribution >= 0.6 is 0 Å². The Morgan fingerprint density at radius 1 is 1.18 bits per heavy atom. The summed E-state index contributed by atoms with van der Waals surface area (Å²) in [5.74, 6) is -0.800. The summed E-state index contributed by atoms with van der Waals surface area (Å²) in [5, 5.41) is 19.5. The van der Waals surface area contributed by atoms with Crippen LogP contribution in [0.25, 0.3) is 0 Å². The Hall–Kier alpha value is -5.29. The van der Waals surface area contributed by atoms with Crippen LogP contribution < -0.4 is 15.9 Å². The molecule has 1 aliphatic heterocycles. The van der Waals surface area contributed by atoms with E-state index >= 15 is 0 Å². The van der Waals surface area contributed by atoms with E-state index in [0.717, 1.165) is 29.2 Å². The van der Waals surface area contributed by atoms with Gasteiger partial charge in [-0.2, -0.15) is 18.4 Å². The lowest BCUT2D eigenvalue weighted by atomic mass is 9.89. The molecule has 1 unspecified atom stereocenters. The van der Waals surface area contributed by atoms with Gasteiger partial charge in [-0.05, 0) is 75.2 Å². The van der Waals surface area contributed by atoms with E-state index in [-0.39, 0.29) is 22.9 Å². The zero-order chi connectivity index (χ0) is 32.5. The maximum Gasteiger partial charge on any atom is 0.416 e. The van der Waals surface area contributed by atoms with E-state index in [1.165, 1.54) is 28.7 Å². The molecule has 4 aromatic rings. The number of alkyl halides is 3. The van der Waals surface area contributed by atoms with E-state index in [9.17, 15) is 28.0 Å². The highest BCUT2D eigenvalue weighted by Crippen LogP contribution is 2.43. The molecule has 2 N–H and O–H groups in total. The molecule has 0 aliphatic carbocycles. The molecular formula is C31H29F3N8O3. The number of aryl methyl sites for hydroxylation is 2. The molecule has 0 fully saturated rings. The van der Waals surface area contributed by atoms with Crippen LogP contribution in [0, 0.1) is 25.2 Å². The molecule has 232 valence electrons. The Morgan fingerprint density at radius 3 is 2.64 bits per heavy atom. The maximum absolute atomic E-state index is 13.6. The van der Waals surface area contributed by atoms with E-state index in [4.69, 9.17) is 4.74 Å². The lowest BCUT2D eigenvalue weighted by Gasteiger charge is -2.36. The molecule has 2 aromatic carbocycles. The summed E-state index contributed by atoms with van der Waals surface area (Å²) in [5.41, 5.74) is 2.65. The summed E-state index contributed by atoms with van der Waals surface area (Å²) in [7, 11) is 1.18. The minimum absolute atomic E-state index is 0.0173. The lowest BCUT2D eigenvalue weighted by Crippen LogP contribution is -2.38. The number of ether oxygens (including phenoxy) is 1. The number of rotatable bonds is 8. The van der Waals surface area contributed by atoms with Crippen LogP contribution in [0.5, 0.6) is 0 Å². The molecule has 0 bridgehead atoms. The van der Waals surface area contributed by atoms with Crippen LogP contribution in [0.3, 0.4) is 0 Å². The van der Waals surface area contributed by atoms with Crippen molar-refractivity contribution in [3.8, 4) is 6.07 Å². The van der Waals surface area contributed by atoms with Crippen molar-refractivity contribution in [2.75, 3.05) is 18.6 Å². The average molecular weight is 619 g/mol. The van der Waals surface area contributed by atoms with Gasteiger partial charge in [0.1, 0.15) is 6.04 Å². The Labute approximate surface area is 256 Å². The molecular weight excluding hydrogens is 589 g/mol. The maximum atomic E-state index is 13.6. The number of fused-ring (bicyclic) bond motifs is 1. The van der Waals surface area contributed by atoms with Crippen molar-refractivity contribution < 1.29 is 22.7 Å². The predicted octanol–water partition coefficient (Wildman–Crippen LogP) is 4.39. The first-order valence-electron chi connectivity index (χ1n) is 13.9. The van der Waals surface area contributed by atoms with Crippen molar-refractivity contribution in [3.63, 3.8) is 0 Å². The Bertz CT molecular complexity index is 1900. The molecule has 0 spiro atoms. The zero-order valence-corrected chi connectivity index (χ0v) is 24.9. The average Bonchev–Trinajstić information content (AvgIpc) is 3.39. The second-order valence-corrected chi connectivity index (χ2v) is 10.5. The molecule has 14 heteroatoms. The summed E-state index contributed by atoms with van der Waals surface area (Å²) >= 11 is 0. The van der Waals surface area contributed by atoms with Crippen LogP contribution in [0.4, 0.5) is 24.8 Å². The highest BCUT2D eigenvalue weighted by atomic mass is 19.4. The van der Waals surface area contributed by atoms with Gasteiger partial charge in [-0.15, -0.1) is 5.10 Å². The number of halogens is 3. The van der Waals surface area contributed by atoms with Crippen molar-refractivity contribution >= 4 is 17.6 Å². The topological polar surface area (TPSA) is 142 Å². The van der Waals surface area contributed by atoms with Gasteiger partial charge in [0.15, 0.2) is 0 Å². The number of allylic oxidation sites excluding steroid dienone is 1. The number of carbonyl (C=O) groups is 1. The largest absolute Gasteiger partial charge is 0.466 e. The van der Waals surface area contributed by atoms with Crippen molar-refractivity contribution in [2.45, 2.75) is 46.0 Å². The number of methoxy groups -OCH3 is 1. The minimum Gasteiger partial charge on any atom is -0.466 e. The minimum atomic E-state index is -4.63. The summed E-state index contributed by atoms with van der Waals surface area (Å²) in [6.45, 7) is 6.18. The first-order valence-corrected chi connectivity index (χ1v) is 13.9. The summed E-state index contributed by atoms with van der Waals surface area (Å²) in [4.78, 5) is 36.9. The van der Waals surface area contributed by atoms with E-state index in [2.05, 4.69) is 31.6 Å². The van der Waals surface area contributed by atoms with E-state index in [1.54, 1.807) is 31.3 Å². The standard InChI is InChI=1S/C31H29F3N8O3/c1-17-15-37-25(18(2)38-17)16-36-11-10-21-12-20(14-35)8-9-24(21)27-26(28(43)45-4)19(3)41(29-39-40-30(44)42(27)29)23-7-5-6-22(13-23)31(32,33)34/h5-9,12-13,15,27,36H,10-11,16H2,1-4H3,(H,40,44). The summed E-state index contributed by atoms with van der Waals surface area (Å²) in [6, 6.07) is 10.5. The second-order valence-electron chi connectivity index (χ2n) is 10.5. The van der Waals surface area contributed by atoms with Gasteiger partial charge >= 0.3 is 17.8 Å². The summed E-state index contributed by atoms with van der Waals surface area (Å²) in [6.07, 6.45) is -2.54. The molecule has 3 heterocycles. The number of carbonyl (C=O) groups excluding carboxylic acids is 1. The number of H-pyrrole nitrogens is 1. The fourth-order valence-electron chi connectivity index (χ4n) is 5.46. The van der Waals surface area contributed by atoms with Crippen molar-refractivity contribution in [2.24, 2.45) is 0 Å². The van der Waals surface area contributed by atoms with Crippen molar-refractivity contribution in [1.82, 2.24) is 30.0 Å². The van der Waals surface area contributed by atoms with Gasteiger partial charge < -0.3 is 10.1 Å². The van der Waals surface area contributed by atoms with Gasteiger partial charge in [-0.1, -0.05) is 12.1 Å². The highest BCUT2D eigenvalue weighted by molar-refractivity contribution is 5.93. The number of benzene rings is 2. The van der Waals surface area contributed by atoms with E-state index in [1.807, 2.05) is 13.8 Å². The number of nitrogens with one attached hydrogen (secondary N) is 2. The number of hydrogen-bond donors (Lipinski definition) is 2. The Kier molecular flexibility index (Phi) is 8.56. The third-order valence-corrected chi connectivity index (χ3v) is 7.58. The van der Waals surface area contributed by atoms with Crippen LogP contribution in [-0.2, 0) is 28.7 Å². The number of nitrogens with zero attached hydrogens (tertiary/aromatic N) is 6.